The molecule has 0 bridgehead atoms. The van der Waals surface area contributed by atoms with E-state index in [0.717, 1.165) is 31.4 Å². The van der Waals surface area contributed by atoms with Gasteiger partial charge in [-0.15, -0.1) is 0 Å². The van der Waals surface area contributed by atoms with Crippen LogP contribution in [0.5, 0.6) is 0 Å². The van der Waals surface area contributed by atoms with Crippen molar-refractivity contribution >= 4 is 23.2 Å². The second-order valence-corrected chi connectivity index (χ2v) is 5.22. The summed E-state index contributed by atoms with van der Waals surface area (Å²) in [6.07, 6.45) is 4.17. The summed E-state index contributed by atoms with van der Waals surface area (Å²) < 4.78 is 0. The number of carbonyl (C=O) groups is 1. The molecule has 0 heterocycles. The van der Waals surface area contributed by atoms with Gasteiger partial charge in [-0.2, -0.15) is 0 Å². The summed E-state index contributed by atoms with van der Waals surface area (Å²) in [4.78, 5) is 11.0. The number of amides is 1. The lowest BCUT2D eigenvalue weighted by Crippen LogP contribution is -2.32. The third kappa shape index (κ3) is 3.15. The predicted molar refractivity (Wildman–Crippen MR) is 73.8 cm³/mol. The lowest BCUT2D eigenvalue weighted by atomic mass is 9.91. The third-order valence-electron chi connectivity index (χ3n) is 3.39. The lowest BCUT2D eigenvalue weighted by Gasteiger charge is -2.28. The van der Waals surface area contributed by atoms with Crippen molar-refractivity contribution in [3.05, 3.63) is 28.8 Å². The Kier molecular flexibility index (Phi) is 4.09. The summed E-state index contributed by atoms with van der Waals surface area (Å²) in [5, 5.41) is 3.93. The summed E-state index contributed by atoms with van der Waals surface area (Å²) in [6.45, 7) is 0. The number of nitrogens with two attached hydrogens (primary N) is 2. The molecule has 0 aromatic heterocycles. The molecule has 1 aliphatic carbocycles. The molecule has 1 aromatic carbocycles. The zero-order valence-electron chi connectivity index (χ0n) is 10.2. The molecule has 0 radical (unpaired) electrons. The van der Waals surface area contributed by atoms with Crippen LogP contribution in [0.25, 0.3) is 0 Å². The first-order valence-corrected chi connectivity index (χ1v) is 6.55. The molecule has 5 heteroatoms. The van der Waals surface area contributed by atoms with Crippen LogP contribution in [0, 0.1) is 0 Å². The van der Waals surface area contributed by atoms with Crippen LogP contribution in [0.1, 0.15) is 36.0 Å². The lowest BCUT2D eigenvalue weighted by molar-refractivity contribution is 0.100. The fraction of sp³-hybridized carbons (Fsp3) is 0.462. The second kappa shape index (κ2) is 5.59. The molecule has 4 nitrogen and oxygen atoms in total. The van der Waals surface area contributed by atoms with Gasteiger partial charge in [0.1, 0.15) is 0 Å². The summed E-state index contributed by atoms with van der Waals surface area (Å²) in [7, 11) is 0. The highest BCUT2D eigenvalue weighted by molar-refractivity contribution is 6.33. The van der Waals surface area contributed by atoms with E-state index in [4.69, 9.17) is 23.1 Å². The van der Waals surface area contributed by atoms with E-state index < -0.39 is 5.91 Å². The molecule has 2 rings (SSSR count). The Balaban J connectivity index is 2.03. The highest BCUT2D eigenvalue weighted by atomic mass is 35.5. The molecule has 98 valence electrons. The van der Waals surface area contributed by atoms with Gasteiger partial charge in [0.25, 0.3) is 0 Å². The summed E-state index contributed by atoms with van der Waals surface area (Å²) in [5.41, 5.74) is 12.3. The molecule has 1 amide bonds. The van der Waals surface area contributed by atoms with Crippen molar-refractivity contribution in [1.82, 2.24) is 0 Å². The molecular weight excluding hydrogens is 250 g/mol. The number of rotatable bonds is 3. The Morgan fingerprint density at radius 1 is 1.28 bits per heavy atom. The average Bonchev–Trinajstić information content (AvgIpc) is 2.34. The maximum Gasteiger partial charge on any atom is 0.248 e. The molecule has 0 atom stereocenters. The molecule has 1 aromatic rings. The average molecular weight is 268 g/mol. The second-order valence-electron chi connectivity index (χ2n) is 4.81. The molecule has 18 heavy (non-hydrogen) atoms. The van der Waals surface area contributed by atoms with Crippen molar-refractivity contribution in [1.29, 1.82) is 0 Å². The normalized spacial score (nSPS) is 23.7. The smallest absolute Gasteiger partial charge is 0.248 e. The number of hydrogen-bond donors (Lipinski definition) is 3. The number of anilines is 1. The topological polar surface area (TPSA) is 81.1 Å². The SMILES string of the molecule is NC(=O)c1ccc(NC2CCC(N)CC2)c(Cl)c1. The van der Waals surface area contributed by atoms with E-state index in [9.17, 15) is 4.79 Å². The van der Waals surface area contributed by atoms with Gasteiger partial charge in [-0.1, -0.05) is 11.6 Å². The Labute approximate surface area is 112 Å². The minimum absolute atomic E-state index is 0.329. The van der Waals surface area contributed by atoms with Crippen LogP contribution in [0.2, 0.25) is 5.02 Å². The van der Waals surface area contributed by atoms with E-state index in [0.29, 0.717) is 22.7 Å². The first-order chi connectivity index (χ1) is 8.56. The van der Waals surface area contributed by atoms with Crippen LogP contribution in [0.15, 0.2) is 18.2 Å². The third-order valence-corrected chi connectivity index (χ3v) is 3.70. The van der Waals surface area contributed by atoms with Gasteiger partial charge < -0.3 is 16.8 Å². The van der Waals surface area contributed by atoms with Gasteiger partial charge >= 0.3 is 0 Å². The Hall–Kier alpha value is -1.26. The van der Waals surface area contributed by atoms with Crippen LogP contribution in [0.3, 0.4) is 0 Å². The van der Waals surface area contributed by atoms with Crippen LogP contribution >= 0.6 is 11.6 Å². The number of carbonyl (C=O) groups excluding carboxylic acids is 1. The molecule has 0 saturated heterocycles. The van der Waals surface area contributed by atoms with E-state index in [-0.39, 0.29) is 0 Å². The first-order valence-electron chi connectivity index (χ1n) is 6.17. The van der Waals surface area contributed by atoms with Gasteiger partial charge in [-0.05, 0) is 43.9 Å². The molecule has 5 N–H and O–H groups in total. The van der Waals surface area contributed by atoms with E-state index in [1.54, 1.807) is 18.2 Å². The summed E-state index contributed by atoms with van der Waals surface area (Å²) in [5.74, 6) is -0.466. The predicted octanol–water partition coefficient (Wildman–Crippen LogP) is 2.12. The number of benzene rings is 1. The van der Waals surface area contributed by atoms with Gasteiger partial charge in [-0.25, -0.2) is 0 Å². The molecule has 1 aliphatic rings. The van der Waals surface area contributed by atoms with Crippen LogP contribution < -0.4 is 16.8 Å². The zero-order chi connectivity index (χ0) is 13.1. The van der Waals surface area contributed by atoms with Gasteiger partial charge in [0, 0.05) is 17.6 Å². The van der Waals surface area contributed by atoms with Gasteiger partial charge in [-0.3, -0.25) is 4.79 Å². The molecule has 1 fully saturated rings. The van der Waals surface area contributed by atoms with E-state index >= 15 is 0 Å². The fourth-order valence-corrected chi connectivity index (χ4v) is 2.50. The number of nitrogens with one attached hydrogen (secondary N) is 1. The minimum atomic E-state index is -0.466. The number of primary amides is 1. The van der Waals surface area contributed by atoms with E-state index in [2.05, 4.69) is 5.32 Å². The number of halogens is 1. The van der Waals surface area contributed by atoms with Crippen LogP contribution in [-0.2, 0) is 0 Å². The van der Waals surface area contributed by atoms with E-state index in [1.165, 1.54) is 0 Å². The van der Waals surface area contributed by atoms with Crippen molar-refractivity contribution in [2.24, 2.45) is 11.5 Å². The van der Waals surface area contributed by atoms with E-state index in [1.807, 2.05) is 0 Å². The molecular formula is C13H18ClN3O. The highest BCUT2D eigenvalue weighted by Gasteiger charge is 2.19. The van der Waals surface area contributed by atoms with Crippen molar-refractivity contribution in [2.75, 3.05) is 5.32 Å². The monoisotopic (exact) mass is 267 g/mol. The largest absolute Gasteiger partial charge is 0.381 e. The van der Waals surface area contributed by atoms with Crippen LogP contribution in [0.4, 0.5) is 5.69 Å². The maximum absolute atomic E-state index is 11.0. The van der Waals surface area contributed by atoms with Crippen molar-refractivity contribution < 1.29 is 4.79 Å². The highest BCUT2D eigenvalue weighted by Crippen LogP contribution is 2.27. The zero-order valence-corrected chi connectivity index (χ0v) is 10.9. The summed E-state index contributed by atoms with van der Waals surface area (Å²) in [6, 6.07) is 5.82. The number of hydrogen-bond acceptors (Lipinski definition) is 3. The Morgan fingerprint density at radius 3 is 2.50 bits per heavy atom. The first kappa shape index (κ1) is 13.2. The maximum atomic E-state index is 11.0. The van der Waals surface area contributed by atoms with Crippen molar-refractivity contribution in [3.63, 3.8) is 0 Å². The van der Waals surface area contributed by atoms with Crippen LogP contribution in [-0.4, -0.2) is 18.0 Å². The molecule has 0 spiro atoms. The standard InChI is InChI=1S/C13H18ClN3O/c14-11-7-8(13(16)18)1-6-12(11)17-10-4-2-9(15)3-5-10/h1,6-7,9-10,17H,2-5,15H2,(H2,16,18). The van der Waals surface area contributed by atoms with Gasteiger partial charge in [0.15, 0.2) is 0 Å². The van der Waals surface area contributed by atoms with Gasteiger partial charge in [0.05, 0.1) is 10.7 Å². The fourth-order valence-electron chi connectivity index (χ4n) is 2.27. The Bertz CT molecular complexity index is 442. The van der Waals surface area contributed by atoms with Crippen molar-refractivity contribution in [2.45, 2.75) is 37.8 Å². The summed E-state index contributed by atoms with van der Waals surface area (Å²) >= 11 is 6.13. The van der Waals surface area contributed by atoms with Crippen molar-refractivity contribution in [3.8, 4) is 0 Å². The minimum Gasteiger partial charge on any atom is -0.381 e. The quantitative estimate of drug-likeness (QED) is 0.785. The molecule has 1 saturated carbocycles. The molecule has 0 unspecified atom stereocenters. The Morgan fingerprint density at radius 2 is 1.94 bits per heavy atom. The molecule has 0 aliphatic heterocycles. The van der Waals surface area contributed by atoms with Gasteiger partial charge in [0.2, 0.25) is 5.91 Å².